The van der Waals surface area contributed by atoms with Gasteiger partial charge < -0.3 is 0 Å². The summed E-state index contributed by atoms with van der Waals surface area (Å²) < 4.78 is 0. The van der Waals surface area contributed by atoms with Gasteiger partial charge in [-0.25, -0.2) is 0 Å². The highest BCUT2D eigenvalue weighted by atomic mass is 33.1. The molecule has 0 spiro atoms. The first-order valence-corrected chi connectivity index (χ1v) is 8.63. The topological polar surface area (TPSA) is 0 Å². The monoisotopic (exact) mass is 268 g/mol. The predicted octanol–water partition coefficient (Wildman–Crippen LogP) is 5.00. The average molecular weight is 268 g/mol. The van der Waals surface area contributed by atoms with E-state index in [2.05, 4.69) is 48.4 Å². The summed E-state index contributed by atoms with van der Waals surface area (Å²) >= 11 is 1.88. The van der Waals surface area contributed by atoms with Gasteiger partial charge >= 0.3 is 0 Å². The minimum Gasteiger partial charge on any atom is -0.154 e. The fourth-order valence-electron chi connectivity index (χ4n) is 1.01. The molecule has 0 aliphatic rings. The first-order chi connectivity index (χ1) is 7.93. The molecule has 0 saturated carbocycles. The fourth-order valence-corrected chi connectivity index (χ4v) is 3.40. The van der Waals surface area contributed by atoms with Crippen LogP contribution in [0.5, 0.6) is 0 Å². The predicted molar refractivity (Wildman–Crippen MR) is 82.0 cm³/mol. The molecule has 0 amide bonds. The summed E-state index contributed by atoms with van der Waals surface area (Å²) in [5.41, 5.74) is 1.38. The van der Waals surface area contributed by atoms with E-state index in [1.807, 2.05) is 28.6 Å². The number of rotatable bonds is 8. The van der Waals surface area contributed by atoms with E-state index in [1.54, 1.807) is 10.8 Å². The van der Waals surface area contributed by atoms with E-state index in [-0.39, 0.29) is 0 Å². The van der Waals surface area contributed by atoms with Gasteiger partial charge in [-0.2, -0.15) is 11.8 Å². The molecule has 1 aromatic rings. The average Bonchev–Trinajstić information content (AvgIpc) is 2.34. The molecule has 0 atom stereocenters. The Morgan fingerprint density at radius 2 is 1.94 bits per heavy atom. The standard InChI is InChI=1S/C13H16S3/c1-2-9-14-10-6-11-15-16-12-13-7-4-3-5-8-13/h2-8,11H,1,9-10,12H2/b11-6+. The maximum atomic E-state index is 3.69. The van der Waals surface area contributed by atoms with E-state index in [4.69, 9.17) is 0 Å². The highest BCUT2D eigenvalue weighted by Crippen LogP contribution is 2.26. The Bertz CT molecular complexity index is 306. The summed E-state index contributed by atoms with van der Waals surface area (Å²) in [6.07, 6.45) is 4.15. The van der Waals surface area contributed by atoms with Crippen molar-refractivity contribution >= 4 is 33.3 Å². The zero-order valence-corrected chi connectivity index (χ0v) is 11.6. The van der Waals surface area contributed by atoms with Crippen molar-refractivity contribution < 1.29 is 0 Å². The molecule has 3 heteroatoms. The molecule has 0 unspecified atom stereocenters. The van der Waals surface area contributed by atoms with Gasteiger partial charge in [0.1, 0.15) is 0 Å². The molecule has 0 bridgehead atoms. The first-order valence-electron chi connectivity index (χ1n) is 5.09. The normalized spacial score (nSPS) is 10.8. The Labute approximate surface area is 110 Å². The van der Waals surface area contributed by atoms with Crippen LogP contribution in [0.2, 0.25) is 0 Å². The number of hydrogen-bond acceptors (Lipinski definition) is 3. The molecule has 16 heavy (non-hydrogen) atoms. The minimum absolute atomic E-state index is 1.03. The second kappa shape index (κ2) is 9.94. The lowest BCUT2D eigenvalue weighted by Gasteiger charge is -1.97. The van der Waals surface area contributed by atoms with Crippen LogP contribution in [0.25, 0.3) is 0 Å². The van der Waals surface area contributed by atoms with Gasteiger partial charge in [-0.05, 0) is 11.0 Å². The molecule has 0 radical (unpaired) electrons. The van der Waals surface area contributed by atoms with Crippen LogP contribution in [-0.4, -0.2) is 11.5 Å². The third kappa shape index (κ3) is 7.09. The van der Waals surface area contributed by atoms with Crippen molar-refractivity contribution in [2.75, 3.05) is 11.5 Å². The molecule has 1 rings (SSSR count). The van der Waals surface area contributed by atoms with Crippen molar-refractivity contribution in [1.29, 1.82) is 0 Å². The Kier molecular flexibility index (Phi) is 8.58. The number of hydrogen-bond donors (Lipinski definition) is 0. The van der Waals surface area contributed by atoms with Gasteiger partial charge in [-0.15, -0.1) is 6.58 Å². The Morgan fingerprint density at radius 1 is 1.12 bits per heavy atom. The van der Waals surface area contributed by atoms with Crippen molar-refractivity contribution in [3.8, 4) is 0 Å². The lowest BCUT2D eigenvalue weighted by atomic mass is 10.2. The van der Waals surface area contributed by atoms with Crippen molar-refractivity contribution in [2.45, 2.75) is 5.75 Å². The molecule has 0 aliphatic carbocycles. The zero-order chi connectivity index (χ0) is 11.5. The van der Waals surface area contributed by atoms with Crippen LogP contribution in [0.4, 0.5) is 0 Å². The summed E-state index contributed by atoms with van der Waals surface area (Å²) in [5, 5.41) is 2.17. The molecule has 0 fully saturated rings. The SMILES string of the molecule is C=CCSC/C=C/SSCc1ccccc1. The van der Waals surface area contributed by atoms with Gasteiger partial charge in [0, 0.05) is 17.3 Å². The maximum absolute atomic E-state index is 3.69. The van der Waals surface area contributed by atoms with Crippen LogP contribution >= 0.6 is 33.3 Å². The molecule has 0 aromatic heterocycles. The lowest BCUT2D eigenvalue weighted by molar-refractivity contribution is 1.43. The third-order valence-corrected chi connectivity index (χ3v) is 4.62. The molecule has 86 valence electrons. The second-order valence-electron chi connectivity index (χ2n) is 3.04. The molecule has 0 aliphatic heterocycles. The Hall–Kier alpha value is -0.250. The molecule has 1 aromatic carbocycles. The van der Waals surface area contributed by atoms with Gasteiger partial charge in [-0.1, -0.05) is 64.1 Å². The molecular formula is C13H16S3. The van der Waals surface area contributed by atoms with E-state index in [1.165, 1.54) is 5.56 Å². The first kappa shape index (κ1) is 13.8. The highest BCUT2D eigenvalue weighted by molar-refractivity contribution is 8.77. The highest BCUT2D eigenvalue weighted by Gasteiger charge is 1.90. The van der Waals surface area contributed by atoms with Crippen LogP contribution < -0.4 is 0 Å². The van der Waals surface area contributed by atoms with Gasteiger partial charge in [0.15, 0.2) is 0 Å². The largest absolute Gasteiger partial charge is 0.154 e. The second-order valence-corrected chi connectivity index (χ2v) is 6.39. The third-order valence-electron chi connectivity index (χ3n) is 1.74. The smallest absolute Gasteiger partial charge is 0.0291 e. The van der Waals surface area contributed by atoms with Gasteiger partial charge in [0.25, 0.3) is 0 Å². The Morgan fingerprint density at radius 3 is 2.69 bits per heavy atom. The summed E-state index contributed by atoms with van der Waals surface area (Å²) in [4.78, 5) is 0. The van der Waals surface area contributed by atoms with E-state index in [0.29, 0.717) is 0 Å². The van der Waals surface area contributed by atoms with Crippen molar-refractivity contribution in [1.82, 2.24) is 0 Å². The van der Waals surface area contributed by atoms with Crippen molar-refractivity contribution in [3.63, 3.8) is 0 Å². The van der Waals surface area contributed by atoms with Crippen molar-refractivity contribution in [3.05, 3.63) is 60.0 Å². The summed E-state index contributed by atoms with van der Waals surface area (Å²) in [5.74, 6) is 3.17. The van der Waals surface area contributed by atoms with E-state index >= 15 is 0 Å². The molecular weight excluding hydrogens is 252 g/mol. The molecule has 0 nitrogen and oxygen atoms in total. The zero-order valence-electron chi connectivity index (χ0n) is 9.17. The summed E-state index contributed by atoms with van der Waals surface area (Å²) in [6.45, 7) is 3.69. The van der Waals surface area contributed by atoms with Crippen LogP contribution in [0.3, 0.4) is 0 Å². The Balaban J connectivity index is 2.01. The maximum Gasteiger partial charge on any atom is 0.0291 e. The van der Waals surface area contributed by atoms with Crippen molar-refractivity contribution in [2.24, 2.45) is 0 Å². The molecule has 0 N–H and O–H groups in total. The summed E-state index contributed by atoms with van der Waals surface area (Å²) in [7, 11) is 3.67. The minimum atomic E-state index is 1.03. The van der Waals surface area contributed by atoms with E-state index in [9.17, 15) is 0 Å². The quantitative estimate of drug-likeness (QED) is 0.370. The fraction of sp³-hybridized carbons (Fsp3) is 0.231. The number of benzene rings is 1. The number of thioether (sulfide) groups is 1. The van der Waals surface area contributed by atoms with Crippen LogP contribution in [0.1, 0.15) is 5.56 Å². The van der Waals surface area contributed by atoms with Crippen LogP contribution in [-0.2, 0) is 5.75 Å². The van der Waals surface area contributed by atoms with E-state index < -0.39 is 0 Å². The lowest BCUT2D eigenvalue weighted by Crippen LogP contribution is -1.75. The van der Waals surface area contributed by atoms with Crippen LogP contribution in [0, 0.1) is 0 Å². The molecule has 0 saturated heterocycles. The molecule has 0 heterocycles. The van der Waals surface area contributed by atoms with Gasteiger partial charge in [0.2, 0.25) is 0 Å². The van der Waals surface area contributed by atoms with Gasteiger partial charge in [-0.3, -0.25) is 0 Å². The van der Waals surface area contributed by atoms with Gasteiger partial charge in [0.05, 0.1) is 0 Å². The summed E-state index contributed by atoms with van der Waals surface area (Å²) in [6, 6.07) is 10.6. The van der Waals surface area contributed by atoms with E-state index in [0.717, 1.165) is 17.3 Å². The van der Waals surface area contributed by atoms with Crippen LogP contribution in [0.15, 0.2) is 54.5 Å².